The monoisotopic (exact) mass is 286 g/mol. The molecule has 1 aromatic rings. The van der Waals surface area contributed by atoms with Gasteiger partial charge in [-0.1, -0.05) is 15.9 Å². The number of hydrogen-bond donors (Lipinski definition) is 0. The van der Waals surface area contributed by atoms with Gasteiger partial charge in [0.15, 0.2) is 0 Å². The van der Waals surface area contributed by atoms with E-state index in [0.29, 0.717) is 10.9 Å². The Morgan fingerprint density at radius 1 is 1.00 bits per heavy atom. The lowest BCUT2D eigenvalue weighted by molar-refractivity contribution is 0.127. The lowest BCUT2D eigenvalue weighted by Gasteiger charge is -2.31. The molecular formula is C12H15BrO3. The number of benzene rings is 1. The van der Waals surface area contributed by atoms with Gasteiger partial charge in [-0.15, -0.1) is 0 Å². The summed E-state index contributed by atoms with van der Waals surface area (Å²) in [6.07, 6.45) is 2.42. The summed E-state index contributed by atoms with van der Waals surface area (Å²) >= 11 is 3.54. The largest absolute Gasteiger partial charge is 0.496 e. The molecule has 1 aliphatic carbocycles. The number of ether oxygens (including phenoxy) is 3. The third-order valence-corrected chi connectivity index (χ3v) is 3.41. The first-order valence-corrected chi connectivity index (χ1v) is 6.16. The molecule has 16 heavy (non-hydrogen) atoms. The summed E-state index contributed by atoms with van der Waals surface area (Å²) < 4.78 is 16.2. The van der Waals surface area contributed by atoms with Crippen molar-refractivity contribution >= 4 is 15.9 Å². The molecule has 0 spiro atoms. The molecule has 1 aliphatic rings. The third-order valence-electron chi connectivity index (χ3n) is 2.66. The maximum absolute atomic E-state index is 5.82. The van der Waals surface area contributed by atoms with Gasteiger partial charge in [0.05, 0.1) is 14.2 Å². The molecule has 88 valence electrons. The second-order valence-corrected chi connectivity index (χ2v) is 5.15. The number of methoxy groups -OCH3 is 2. The van der Waals surface area contributed by atoms with Crippen LogP contribution in [0, 0.1) is 0 Å². The van der Waals surface area contributed by atoms with E-state index in [9.17, 15) is 0 Å². The van der Waals surface area contributed by atoms with E-state index in [4.69, 9.17) is 14.2 Å². The van der Waals surface area contributed by atoms with Crippen LogP contribution < -0.4 is 14.2 Å². The van der Waals surface area contributed by atoms with Crippen LogP contribution in [0.25, 0.3) is 0 Å². The van der Waals surface area contributed by atoms with Gasteiger partial charge in [-0.05, 0) is 12.8 Å². The van der Waals surface area contributed by atoms with Crippen molar-refractivity contribution in [3.63, 3.8) is 0 Å². The molecule has 0 aromatic heterocycles. The first-order chi connectivity index (χ1) is 7.71. The molecule has 0 bridgehead atoms. The van der Waals surface area contributed by atoms with E-state index in [1.54, 1.807) is 14.2 Å². The number of halogens is 1. The minimum atomic E-state index is 0.307. The molecule has 0 radical (unpaired) electrons. The Labute approximate surface area is 104 Å². The minimum Gasteiger partial charge on any atom is -0.496 e. The fourth-order valence-corrected chi connectivity index (χ4v) is 2.47. The molecule has 4 heteroatoms. The molecule has 1 aromatic carbocycles. The maximum atomic E-state index is 5.82. The molecule has 0 N–H and O–H groups in total. The van der Waals surface area contributed by atoms with Crippen LogP contribution in [0.3, 0.4) is 0 Å². The van der Waals surface area contributed by atoms with Crippen LogP contribution in [0.15, 0.2) is 18.2 Å². The Balaban J connectivity index is 2.07. The SMILES string of the molecule is COc1cc(OC)cc(OC2CC(Br)C2)c1. The zero-order chi connectivity index (χ0) is 11.5. The summed E-state index contributed by atoms with van der Waals surface area (Å²) in [7, 11) is 3.27. The van der Waals surface area contributed by atoms with Crippen LogP contribution in [0.5, 0.6) is 17.2 Å². The van der Waals surface area contributed by atoms with Crippen molar-refractivity contribution in [2.75, 3.05) is 14.2 Å². The van der Waals surface area contributed by atoms with Crippen molar-refractivity contribution in [1.29, 1.82) is 0 Å². The predicted molar refractivity (Wildman–Crippen MR) is 65.9 cm³/mol. The van der Waals surface area contributed by atoms with Crippen LogP contribution in [-0.4, -0.2) is 25.2 Å². The quantitative estimate of drug-likeness (QED) is 0.797. The fraction of sp³-hybridized carbons (Fsp3) is 0.500. The zero-order valence-corrected chi connectivity index (χ0v) is 11.0. The summed E-state index contributed by atoms with van der Waals surface area (Å²) in [5, 5.41) is 0. The number of hydrogen-bond acceptors (Lipinski definition) is 3. The molecule has 0 saturated heterocycles. The van der Waals surface area contributed by atoms with Crippen LogP contribution in [-0.2, 0) is 0 Å². The lowest BCUT2D eigenvalue weighted by Crippen LogP contribution is -2.33. The molecule has 1 saturated carbocycles. The molecule has 1 fully saturated rings. The smallest absolute Gasteiger partial charge is 0.127 e. The van der Waals surface area contributed by atoms with Gasteiger partial charge in [0.25, 0.3) is 0 Å². The van der Waals surface area contributed by atoms with Gasteiger partial charge >= 0.3 is 0 Å². The van der Waals surface area contributed by atoms with Gasteiger partial charge in [0, 0.05) is 23.0 Å². The van der Waals surface area contributed by atoms with Gasteiger partial charge in [-0.2, -0.15) is 0 Å². The van der Waals surface area contributed by atoms with E-state index < -0.39 is 0 Å². The van der Waals surface area contributed by atoms with Crippen molar-refractivity contribution in [3.05, 3.63) is 18.2 Å². The maximum Gasteiger partial charge on any atom is 0.127 e. The minimum absolute atomic E-state index is 0.307. The molecule has 0 amide bonds. The van der Waals surface area contributed by atoms with Crippen LogP contribution in [0.1, 0.15) is 12.8 Å². The number of rotatable bonds is 4. The van der Waals surface area contributed by atoms with E-state index in [2.05, 4.69) is 15.9 Å². The van der Waals surface area contributed by atoms with Gasteiger partial charge in [0.1, 0.15) is 23.4 Å². The Kier molecular flexibility index (Phi) is 3.59. The summed E-state index contributed by atoms with van der Waals surface area (Å²) in [6.45, 7) is 0. The highest BCUT2D eigenvalue weighted by molar-refractivity contribution is 9.09. The second-order valence-electron chi connectivity index (χ2n) is 3.86. The molecular weight excluding hydrogens is 272 g/mol. The zero-order valence-electron chi connectivity index (χ0n) is 9.40. The Morgan fingerprint density at radius 3 is 1.94 bits per heavy atom. The van der Waals surface area contributed by atoms with Gasteiger partial charge in [-0.25, -0.2) is 0 Å². The average molecular weight is 287 g/mol. The van der Waals surface area contributed by atoms with E-state index in [0.717, 1.165) is 30.1 Å². The van der Waals surface area contributed by atoms with E-state index >= 15 is 0 Å². The van der Waals surface area contributed by atoms with Crippen molar-refractivity contribution in [3.8, 4) is 17.2 Å². The molecule has 0 unspecified atom stereocenters. The summed E-state index contributed by atoms with van der Waals surface area (Å²) in [6, 6.07) is 5.59. The van der Waals surface area contributed by atoms with Crippen molar-refractivity contribution in [1.82, 2.24) is 0 Å². The van der Waals surface area contributed by atoms with Gasteiger partial charge in [-0.3, -0.25) is 0 Å². The summed E-state index contributed by atoms with van der Waals surface area (Å²) in [5.74, 6) is 2.31. The Hall–Kier alpha value is -0.900. The summed E-state index contributed by atoms with van der Waals surface area (Å²) in [5.41, 5.74) is 0. The van der Waals surface area contributed by atoms with Crippen molar-refractivity contribution in [2.45, 2.75) is 23.8 Å². The van der Waals surface area contributed by atoms with Crippen LogP contribution in [0.2, 0.25) is 0 Å². The van der Waals surface area contributed by atoms with Gasteiger partial charge in [0.2, 0.25) is 0 Å². The average Bonchev–Trinajstić information content (AvgIpc) is 2.26. The molecule has 0 heterocycles. The topological polar surface area (TPSA) is 27.7 Å². The fourth-order valence-electron chi connectivity index (χ4n) is 1.64. The first kappa shape index (κ1) is 11.6. The molecule has 3 nitrogen and oxygen atoms in total. The highest BCUT2D eigenvalue weighted by Gasteiger charge is 2.28. The molecule has 2 rings (SSSR count). The summed E-state index contributed by atoms with van der Waals surface area (Å²) in [4.78, 5) is 0.602. The van der Waals surface area contributed by atoms with Gasteiger partial charge < -0.3 is 14.2 Å². The Bertz CT molecular complexity index is 339. The first-order valence-electron chi connectivity index (χ1n) is 5.25. The predicted octanol–water partition coefficient (Wildman–Crippen LogP) is 3.01. The number of alkyl halides is 1. The molecule has 0 aliphatic heterocycles. The normalized spacial score (nSPS) is 23.4. The van der Waals surface area contributed by atoms with Crippen molar-refractivity contribution in [2.24, 2.45) is 0 Å². The highest BCUT2D eigenvalue weighted by atomic mass is 79.9. The van der Waals surface area contributed by atoms with Crippen LogP contribution >= 0.6 is 15.9 Å². The Morgan fingerprint density at radius 2 is 1.50 bits per heavy atom. The molecule has 0 atom stereocenters. The van der Waals surface area contributed by atoms with E-state index in [1.165, 1.54) is 0 Å². The highest BCUT2D eigenvalue weighted by Crippen LogP contribution is 2.34. The third kappa shape index (κ3) is 2.61. The van der Waals surface area contributed by atoms with Crippen molar-refractivity contribution < 1.29 is 14.2 Å². The standard InChI is InChI=1S/C12H15BrO3/c1-14-9-5-10(15-2)7-12(6-9)16-11-3-8(13)4-11/h5-8,11H,3-4H2,1-2H3. The second kappa shape index (κ2) is 4.95. The van der Waals surface area contributed by atoms with Crippen LogP contribution in [0.4, 0.5) is 0 Å². The van der Waals surface area contributed by atoms with E-state index in [1.807, 2.05) is 18.2 Å². The van der Waals surface area contributed by atoms with E-state index in [-0.39, 0.29) is 0 Å². The lowest BCUT2D eigenvalue weighted by atomic mass is 9.96.